The monoisotopic (exact) mass is 530 g/mol. The predicted molar refractivity (Wildman–Crippen MR) is 133 cm³/mol. The Morgan fingerprint density at radius 1 is 1.23 bits per heavy atom. The molecule has 0 spiro atoms. The largest absolute Gasteiger partial charge is 0.503 e. The lowest BCUT2D eigenvalue weighted by Gasteiger charge is -2.27. The first-order valence-electron chi connectivity index (χ1n) is 10.6. The molecule has 0 saturated heterocycles. The number of benzene rings is 1. The number of rotatable bonds is 5. The van der Waals surface area contributed by atoms with Crippen molar-refractivity contribution in [1.29, 1.82) is 0 Å². The number of hydrogen-bond acceptors (Lipinski definition) is 8. The van der Waals surface area contributed by atoms with Crippen LogP contribution in [0.2, 0.25) is 0 Å². The summed E-state index contributed by atoms with van der Waals surface area (Å²) < 4.78 is 30.0. The average molecular weight is 531 g/mol. The van der Waals surface area contributed by atoms with Gasteiger partial charge in [-0.05, 0) is 61.7 Å². The van der Waals surface area contributed by atoms with E-state index >= 15 is 0 Å². The number of thiazole rings is 1. The predicted octanol–water partition coefficient (Wildman–Crippen LogP) is 4.85. The van der Waals surface area contributed by atoms with Gasteiger partial charge in [-0.25, -0.2) is 13.4 Å². The number of hydrogen-bond donors (Lipinski definition) is 1. The van der Waals surface area contributed by atoms with E-state index < -0.39 is 33.3 Å². The molecule has 1 amide bonds. The summed E-state index contributed by atoms with van der Waals surface area (Å²) in [6.07, 6.45) is 5.54. The number of amides is 1. The fourth-order valence-electron chi connectivity index (χ4n) is 4.16. The number of aliphatic hydroxyl groups is 1. The van der Waals surface area contributed by atoms with Gasteiger partial charge in [-0.1, -0.05) is 29.0 Å². The van der Waals surface area contributed by atoms with E-state index in [0.29, 0.717) is 39.4 Å². The van der Waals surface area contributed by atoms with Crippen LogP contribution in [0.3, 0.4) is 0 Å². The summed E-state index contributed by atoms with van der Waals surface area (Å²) in [5, 5.41) is 11.7. The van der Waals surface area contributed by atoms with E-state index in [4.69, 9.17) is 16.0 Å². The number of furan rings is 1. The molecule has 2 aliphatic rings. The molecule has 1 N–H and O–H groups in total. The number of halogens is 1. The minimum absolute atomic E-state index is 0.00998. The number of fused-ring (bicyclic) bond motifs is 1. The molecule has 1 aliphatic heterocycles. The zero-order chi connectivity index (χ0) is 25.1. The molecule has 11 heteroatoms. The Bertz CT molecular complexity index is 1610. The normalized spacial score (nSPS) is 18.9. The lowest BCUT2D eigenvalue weighted by molar-refractivity contribution is -0.116. The molecule has 1 aliphatic carbocycles. The van der Waals surface area contributed by atoms with Crippen LogP contribution >= 0.6 is 22.9 Å². The summed E-state index contributed by atoms with van der Waals surface area (Å²) >= 11 is 7.24. The number of sulfone groups is 1. The average Bonchev–Trinajstić information content (AvgIpc) is 3.49. The van der Waals surface area contributed by atoms with Crippen LogP contribution in [-0.2, 0) is 14.6 Å². The number of Topliss-reactive ketones (excluding diaryl/α,β-unsaturated/α-hetero) is 1. The third kappa shape index (κ3) is 4.11. The maximum Gasteiger partial charge on any atom is 0.296 e. The number of aryl methyl sites for hydroxylation is 1. The summed E-state index contributed by atoms with van der Waals surface area (Å²) in [7, 11) is -3.44. The molecule has 5 rings (SSSR count). The summed E-state index contributed by atoms with van der Waals surface area (Å²) in [6.45, 7) is 1.69. The molecule has 180 valence electrons. The van der Waals surface area contributed by atoms with Crippen molar-refractivity contribution in [3.8, 4) is 0 Å². The first kappa shape index (κ1) is 23.5. The van der Waals surface area contributed by atoms with Crippen molar-refractivity contribution in [3.63, 3.8) is 0 Å². The molecule has 2 aromatic heterocycles. The fourth-order valence-corrected chi connectivity index (χ4v) is 6.07. The second-order valence-electron chi connectivity index (χ2n) is 8.33. The molecule has 0 saturated carbocycles. The SMILES string of the molecule is Cc1ccc(C(=O)C2=C(O)C(=O)N(c3nc4ccc(S(C)(=O)=O)cc4s3)C2C2=CC=C(Cl)CC2)o1. The molecular formula is C24H19ClN2O6S2. The number of aliphatic hydroxyl groups excluding tert-OH is 1. The van der Waals surface area contributed by atoms with Crippen LogP contribution in [0.25, 0.3) is 10.2 Å². The highest BCUT2D eigenvalue weighted by molar-refractivity contribution is 7.90. The Balaban J connectivity index is 1.65. The third-order valence-electron chi connectivity index (χ3n) is 5.88. The van der Waals surface area contributed by atoms with Gasteiger partial charge in [0.05, 0.1) is 26.7 Å². The molecule has 0 fully saturated rings. The molecule has 35 heavy (non-hydrogen) atoms. The van der Waals surface area contributed by atoms with E-state index in [0.717, 1.165) is 17.6 Å². The van der Waals surface area contributed by atoms with Crippen LogP contribution in [0.5, 0.6) is 0 Å². The molecule has 0 radical (unpaired) electrons. The highest BCUT2D eigenvalue weighted by Gasteiger charge is 2.47. The van der Waals surface area contributed by atoms with Gasteiger partial charge in [0.2, 0.25) is 5.78 Å². The second-order valence-corrected chi connectivity index (χ2v) is 11.8. The van der Waals surface area contributed by atoms with Crippen molar-refractivity contribution in [2.24, 2.45) is 0 Å². The van der Waals surface area contributed by atoms with Crippen LogP contribution in [0.1, 0.15) is 29.2 Å². The number of carbonyl (C=O) groups excluding carboxylic acids is 2. The number of anilines is 1. The number of aromatic nitrogens is 1. The van der Waals surface area contributed by atoms with Crippen LogP contribution in [-0.4, -0.2) is 42.5 Å². The first-order valence-corrected chi connectivity index (χ1v) is 13.7. The molecule has 3 aromatic rings. The quantitative estimate of drug-likeness (QED) is 0.468. The third-order valence-corrected chi connectivity index (χ3v) is 8.32. The van der Waals surface area contributed by atoms with E-state index in [9.17, 15) is 23.1 Å². The highest BCUT2D eigenvalue weighted by atomic mass is 35.5. The van der Waals surface area contributed by atoms with Crippen LogP contribution in [0.15, 0.2) is 73.7 Å². The molecule has 0 bridgehead atoms. The lowest BCUT2D eigenvalue weighted by Crippen LogP contribution is -2.38. The van der Waals surface area contributed by atoms with E-state index in [1.54, 1.807) is 31.2 Å². The second kappa shape index (κ2) is 8.47. The van der Waals surface area contributed by atoms with Gasteiger partial charge >= 0.3 is 0 Å². The zero-order valence-electron chi connectivity index (χ0n) is 18.6. The summed E-state index contributed by atoms with van der Waals surface area (Å²) in [4.78, 5) is 32.6. The van der Waals surface area contributed by atoms with Gasteiger partial charge in [-0.15, -0.1) is 0 Å². The summed E-state index contributed by atoms with van der Waals surface area (Å²) in [6, 6.07) is 6.72. The van der Waals surface area contributed by atoms with Gasteiger partial charge in [0, 0.05) is 11.3 Å². The Hall–Kier alpha value is -3.21. The van der Waals surface area contributed by atoms with Crippen molar-refractivity contribution in [2.75, 3.05) is 11.2 Å². The van der Waals surface area contributed by atoms with Crippen molar-refractivity contribution >= 4 is 59.8 Å². The zero-order valence-corrected chi connectivity index (χ0v) is 21.0. The minimum atomic E-state index is -3.44. The van der Waals surface area contributed by atoms with Crippen molar-refractivity contribution in [2.45, 2.75) is 30.7 Å². The Morgan fingerprint density at radius 3 is 2.63 bits per heavy atom. The number of allylic oxidation sites excluding steroid dienone is 3. The first-order chi connectivity index (χ1) is 16.5. The van der Waals surface area contributed by atoms with Gasteiger partial charge in [0.15, 0.2) is 26.5 Å². The standard InChI is InChI=1S/C24H19ClN2O6S2/c1-12-3-10-17(33-12)21(28)19-20(13-4-6-14(25)7-5-13)27(23(30)22(19)29)24-26-16-9-8-15(35(2,31)32)11-18(16)34-24/h3-4,6,8-11,20,29H,5,7H2,1-2H3. The molecule has 3 heterocycles. The Labute approximate surface area is 209 Å². The fraction of sp³-hybridized carbons (Fsp3) is 0.208. The van der Waals surface area contributed by atoms with Crippen molar-refractivity contribution < 1.29 is 27.5 Å². The van der Waals surface area contributed by atoms with Crippen LogP contribution < -0.4 is 4.90 Å². The van der Waals surface area contributed by atoms with Gasteiger partial charge < -0.3 is 9.52 Å². The van der Waals surface area contributed by atoms with E-state index in [1.807, 2.05) is 0 Å². The number of carbonyl (C=O) groups is 2. The summed E-state index contributed by atoms with van der Waals surface area (Å²) in [5.74, 6) is -1.52. The van der Waals surface area contributed by atoms with E-state index in [2.05, 4.69) is 4.98 Å². The minimum Gasteiger partial charge on any atom is -0.503 e. The maximum absolute atomic E-state index is 13.4. The topological polar surface area (TPSA) is 118 Å². The van der Waals surface area contributed by atoms with Crippen LogP contribution in [0.4, 0.5) is 5.13 Å². The number of nitrogens with zero attached hydrogens (tertiary/aromatic N) is 2. The summed E-state index contributed by atoms with van der Waals surface area (Å²) in [5.41, 5.74) is 1.10. The lowest BCUT2D eigenvalue weighted by atomic mass is 9.90. The molecule has 8 nitrogen and oxygen atoms in total. The smallest absolute Gasteiger partial charge is 0.296 e. The van der Waals surface area contributed by atoms with Crippen LogP contribution in [0, 0.1) is 6.92 Å². The van der Waals surface area contributed by atoms with Crippen molar-refractivity contribution in [1.82, 2.24) is 4.98 Å². The van der Waals surface area contributed by atoms with Gasteiger partial charge in [0.1, 0.15) is 5.76 Å². The Kier molecular flexibility index (Phi) is 5.70. The molecule has 1 unspecified atom stereocenters. The number of ketones is 1. The maximum atomic E-state index is 13.4. The van der Waals surface area contributed by atoms with Crippen molar-refractivity contribution in [3.05, 3.63) is 75.9 Å². The van der Waals surface area contributed by atoms with Gasteiger partial charge in [0.25, 0.3) is 5.91 Å². The van der Waals surface area contributed by atoms with Gasteiger partial charge in [-0.2, -0.15) is 0 Å². The highest BCUT2D eigenvalue weighted by Crippen LogP contribution is 2.42. The Morgan fingerprint density at radius 2 is 2.00 bits per heavy atom. The molecule has 1 aromatic carbocycles. The molecule has 1 atom stereocenters. The van der Waals surface area contributed by atoms with E-state index in [1.165, 1.54) is 23.1 Å². The van der Waals surface area contributed by atoms with Gasteiger partial charge in [-0.3, -0.25) is 14.5 Å². The van der Waals surface area contributed by atoms with E-state index in [-0.39, 0.29) is 21.4 Å². The molecular weight excluding hydrogens is 512 g/mol.